The lowest BCUT2D eigenvalue weighted by atomic mass is 10.1. The van der Waals surface area contributed by atoms with Gasteiger partial charge in [0.1, 0.15) is 0 Å². The number of ether oxygens (including phenoxy) is 1. The highest BCUT2D eigenvalue weighted by Crippen LogP contribution is 2.18. The van der Waals surface area contributed by atoms with E-state index in [-0.39, 0.29) is 6.04 Å². The fourth-order valence-electron chi connectivity index (χ4n) is 1.87. The van der Waals surface area contributed by atoms with Crippen LogP contribution in [0.5, 0.6) is 5.88 Å². The number of aromatic nitrogens is 1. The van der Waals surface area contributed by atoms with Crippen molar-refractivity contribution in [2.24, 2.45) is 0 Å². The molecule has 4 heteroatoms. The van der Waals surface area contributed by atoms with Crippen LogP contribution in [0.3, 0.4) is 0 Å². The zero-order chi connectivity index (χ0) is 13.7. The van der Waals surface area contributed by atoms with Gasteiger partial charge >= 0.3 is 0 Å². The summed E-state index contributed by atoms with van der Waals surface area (Å²) < 4.78 is 6.34. The number of rotatable bonds is 5. The standard InChI is InChI=1S/C15H17BrN2O/c1-11(12-5-7-14(16)8-6-12)18-10-13-4-3-9-17-15(13)19-2/h3-9,11,18H,10H2,1-2H3/t11-/m1/s1. The molecule has 1 heterocycles. The molecule has 19 heavy (non-hydrogen) atoms. The van der Waals surface area contributed by atoms with Crippen LogP contribution in [-0.4, -0.2) is 12.1 Å². The molecular weight excluding hydrogens is 304 g/mol. The van der Waals surface area contributed by atoms with Crippen molar-refractivity contribution in [3.8, 4) is 5.88 Å². The van der Waals surface area contributed by atoms with E-state index in [2.05, 4.69) is 57.4 Å². The third-order valence-electron chi connectivity index (χ3n) is 3.01. The van der Waals surface area contributed by atoms with Gasteiger partial charge in [-0.2, -0.15) is 0 Å². The molecule has 0 saturated carbocycles. The molecule has 1 aromatic carbocycles. The van der Waals surface area contributed by atoms with E-state index in [4.69, 9.17) is 4.74 Å². The molecule has 1 N–H and O–H groups in total. The van der Waals surface area contributed by atoms with Crippen LogP contribution in [-0.2, 0) is 6.54 Å². The van der Waals surface area contributed by atoms with Gasteiger partial charge in [0.05, 0.1) is 7.11 Å². The van der Waals surface area contributed by atoms with Crippen molar-refractivity contribution in [3.63, 3.8) is 0 Å². The van der Waals surface area contributed by atoms with E-state index >= 15 is 0 Å². The monoisotopic (exact) mass is 320 g/mol. The van der Waals surface area contributed by atoms with Crippen molar-refractivity contribution in [2.75, 3.05) is 7.11 Å². The fourth-order valence-corrected chi connectivity index (χ4v) is 2.14. The lowest BCUT2D eigenvalue weighted by Crippen LogP contribution is -2.18. The van der Waals surface area contributed by atoms with E-state index in [1.165, 1.54) is 5.56 Å². The van der Waals surface area contributed by atoms with Crippen LogP contribution in [0.15, 0.2) is 47.1 Å². The van der Waals surface area contributed by atoms with E-state index in [0.717, 1.165) is 16.6 Å². The minimum atomic E-state index is 0.276. The second-order valence-electron chi connectivity index (χ2n) is 4.33. The van der Waals surface area contributed by atoms with Crippen molar-refractivity contribution < 1.29 is 4.74 Å². The lowest BCUT2D eigenvalue weighted by molar-refractivity contribution is 0.389. The molecule has 0 fully saturated rings. The Labute approximate surface area is 122 Å². The molecule has 1 atom stereocenters. The van der Waals surface area contributed by atoms with E-state index in [1.807, 2.05) is 12.1 Å². The highest BCUT2D eigenvalue weighted by atomic mass is 79.9. The maximum absolute atomic E-state index is 5.24. The molecule has 0 radical (unpaired) electrons. The highest BCUT2D eigenvalue weighted by molar-refractivity contribution is 9.10. The van der Waals surface area contributed by atoms with Crippen LogP contribution in [0.25, 0.3) is 0 Å². The first kappa shape index (κ1) is 14.0. The van der Waals surface area contributed by atoms with Gasteiger partial charge in [-0.05, 0) is 30.7 Å². The summed E-state index contributed by atoms with van der Waals surface area (Å²) in [7, 11) is 1.64. The molecular formula is C15H17BrN2O. The SMILES string of the molecule is COc1ncccc1CN[C@H](C)c1ccc(Br)cc1. The van der Waals surface area contributed by atoms with Crippen molar-refractivity contribution in [1.29, 1.82) is 0 Å². The molecule has 0 aliphatic rings. The summed E-state index contributed by atoms with van der Waals surface area (Å²) in [6.45, 7) is 2.88. The van der Waals surface area contributed by atoms with Crippen LogP contribution in [0.1, 0.15) is 24.1 Å². The number of hydrogen-bond acceptors (Lipinski definition) is 3. The van der Waals surface area contributed by atoms with Gasteiger partial charge < -0.3 is 10.1 Å². The minimum absolute atomic E-state index is 0.276. The minimum Gasteiger partial charge on any atom is -0.481 e. The van der Waals surface area contributed by atoms with Gasteiger partial charge in [0.15, 0.2) is 0 Å². The van der Waals surface area contributed by atoms with E-state index in [0.29, 0.717) is 5.88 Å². The van der Waals surface area contributed by atoms with Crippen LogP contribution >= 0.6 is 15.9 Å². The summed E-state index contributed by atoms with van der Waals surface area (Å²) >= 11 is 3.44. The van der Waals surface area contributed by atoms with Crippen LogP contribution in [0.2, 0.25) is 0 Å². The summed E-state index contributed by atoms with van der Waals surface area (Å²) in [5, 5.41) is 3.47. The Kier molecular flexibility index (Phi) is 4.93. The smallest absolute Gasteiger partial charge is 0.217 e. The van der Waals surface area contributed by atoms with Gasteiger partial charge in [-0.25, -0.2) is 4.98 Å². The van der Waals surface area contributed by atoms with Crippen molar-refractivity contribution in [3.05, 3.63) is 58.2 Å². The number of benzene rings is 1. The van der Waals surface area contributed by atoms with Crippen molar-refractivity contribution in [1.82, 2.24) is 10.3 Å². The average molecular weight is 321 g/mol. The highest BCUT2D eigenvalue weighted by Gasteiger charge is 2.07. The van der Waals surface area contributed by atoms with E-state index in [9.17, 15) is 0 Å². The molecule has 0 bridgehead atoms. The Hall–Kier alpha value is -1.39. The van der Waals surface area contributed by atoms with Crippen molar-refractivity contribution >= 4 is 15.9 Å². The number of pyridine rings is 1. The normalized spacial score (nSPS) is 12.2. The quantitative estimate of drug-likeness (QED) is 0.912. The fraction of sp³-hybridized carbons (Fsp3) is 0.267. The maximum Gasteiger partial charge on any atom is 0.217 e. The second kappa shape index (κ2) is 6.68. The molecule has 0 aliphatic heterocycles. The Bertz CT molecular complexity index is 528. The van der Waals surface area contributed by atoms with Crippen LogP contribution in [0, 0.1) is 0 Å². The van der Waals surface area contributed by atoms with Gasteiger partial charge in [0, 0.05) is 28.8 Å². The molecule has 3 nitrogen and oxygen atoms in total. The van der Waals surface area contributed by atoms with E-state index in [1.54, 1.807) is 13.3 Å². The summed E-state index contributed by atoms with van der Waals surface area (Å²) in [6.07, 6.45) is 1.74. The zero-order valence-electron chi connectivity index (χ0n) is 11.1. The number of nitrogens with zero attached hydrogens (tertiary/aromatic N) is 1. The third-order valence-corrected chi connectivity index (χ3v) is 3.54. The van der Waals surface area contributed by atoms with Gasteiger partial charge in [-0.3, -0.25) is 0 Å². The van der Waals surface area contributed by atoms with Gasteiger partial charge in [-0.1, -0.05) is 34.1 Å². The summed E-state index contributed by atoms with van der Waals surface area (Å²) in [6, 6.07) is 12.6. The van der Waals surface area contributed by atoms with Crippen molar-refractivity contribution in [2.45, 2.75) is 19.5 Å². The number of methoxy groups -OCH3 is 1. The Morgan fingerprint density at radius 3 is 2.68 bits per heavy atom. The second-order valence-corrected chi connectivity index (χ2v) is 5.24. The molecule has 2 aromatic rings. The summed E-state index contributed by atoms with van der Waals surface area (Å²) in [5.41, 5.74) is 2.32. The molecule has 2 rings (SSSR count). The molecule has 0 saturated heterocycles. The van der Waals surface area contributed by atoms with Crippen LogP contribution < -0.4 is 10.1 Å². The molecule has 1 aromatic heterocycles. The van der Waals surface area contributed by atoms with Gasteiger partial charge in [-0.15, -0.1) is 0 Å². The first-order chi connectivity index (χ1) is 9.20. The Morgan fingerprint density at radius 1 is 1.26 bits per heavy atom. The number of hydrogen-bond donors (Lipinski definition) is 1. The first-order valence-electron chi connectivity index (χ1n) is 6.17. The molecule has 0 spiro atoms. The topological polar surface area (TPSA) is 34.1 Å². The first-order valence-corrected chi connectivity index (χ1v) is 6.96. The number of halogens is 1. The van der Waals surface area contributed by atoms with Gasteiger partial charge in [0.2, 0.25) is 5.88 Å². The Balaban J connectivity index is 2.00. The summed E-state index contributed by atoms with van der Waals surface area (Å²) in [4.78, 5) is 4.19. The Morgan fingerprint density at radius 2 is 2.00 bits per heavy atom. The maximum atomic E-state index is 5.24. The molecule has 0 unspecified atom stereocenters. The van der Waals surface area contributed by atoms with Gasteiger partial charge in [0.25, 0.3) is 0 Å². The zero-order valence-corrected chi connectivity index (χ0v) is 12.6. The largest absolute Gasteiger partial charge is 0.481 e. The predicted octanol–water partition coefficient (Wildman–Crippen LogP) is 3.70. The summed E-state index contributed by atoms with van der Waals surface area (Å²) in [5.74, 6) is 0.679. The van der Waals surface area contributed by atoms with E-state index < -0.39 is 0 Å². The predicted molar refractivity (Wildman–Crippen MR) is 80.2 cm³/mol. The average Bonchev–Trinajstić information content (AvgIpc) is 2.45. The molecule has 0 amide bonds. The number of nitrogens with one attached hydrogen (secondary N) is 1. The lowest BCUT2D eigenvalue weighted by Gasteiger charge is -2.15. The third kappa shape index (κ3) is 3.78. The van der Waals surface area contributed by atoms with Crippen LogP contribution in [0.4, 0.5) is 0 Å². The molecule has 100 valence electrons. The molecule has 0 aliphatic carbocycles.